The van der Waals surface area contributed by atoms with Gasteiger partial charge in [0.15, 0.2) is 0 Å². The number of halogens is 8. The van der Waals surface area contributed by atoms with Crippen LogP contribution >= 0.6 is 11.9 Å². The molecule has 1 aliphatic carbocycles. The lowest BCUT2D eigenvalue weighted by Gasteiger charge is -2.29. The lowest BCUT2D eigenvalue weighted by molar-refractivity contribution is 0.137. The molecule has 0 radical (unpaired) electrons. The summed E-state index contributed by atoms with van der Waals surface area (Å²) in [5.74, 6) is -6.74. The summed E-state index contributed by atoms with van der Waals surface area (Å²) in [4.78, 5) is 13.9. The number of likely N-dealkylation sites (tertiary alicyclic amines) is 1. The SMILES string of the molecule is O=C(NCC(F)F)N1CC2(CC2)C(NSC(F)F)C1Cc1cc(F)cc(-c2cc(F)cc(F)c2)c1F. The third kappa shape index (κ3) is 5.72. The van der Waals surface area contributed by atoms with Gasteiger partial charge in [0.25, 0.3) is 12.2 Å². The topological polar surface area (TPSA) is 44.4 Å². The van der Waals surface area contributed by atoms with Crippen LogP contribution in [0.1, 0.15) is 18.4 Å². The first-order valence-corrected chi connectivity index (χ1v) is 11.8. The highest BCUT2D eigenvalue weighted by Gasteiger charge is 2.60. The Labute approximate surface area is 205 Å². The normalized spacial score (nSPS) is 20.6. The van der Waals surface area contributed by atoms with Gasteiger partial charge >= 0.3 is 6.03 Å². The fourth-order valence-corrected chi connectivity index (χ4v) is 5.41. The van der Waals surface area contributed by atoms with Crippen LogP contribution in [0, 0.1) is 28.7 Å². The van der Waals surface area contributed by atoms with Crippen LogP contribution in [-0.2, 0) is 6.42 Å². The second-order valence-electron chi connectivity index (χ2n) is 8.90. The zero-order valence-corrected chi connectivity index (χ0v) is 19.3. The van der Waals surface area contributed by atoms with Gasteiger partial charge in [0.1, 0.15) is 23.3 Å². The van der Waals surface area contributed by atoms with Gasteiger partial charge < -0.3 is 10.2 Å². The predicted octanol–water partition coefficient (Wildman–Crippen LogP) is 5.72. The second-order valence-corrected chi connectivity index (χ2v) is 9.73. The van der Waals surface area contributed by atoms with Gasteiger partial charge in [-0.2, -0.15) is 8.78 Å². The van der Waals surface area contributed by atoms with Crippen molar-refractivity contribution in [2.24, 2.45) is 5.41 Å². The summed E-state index contributed by atoms with van der Waals surface area (Å²) in [5, 5.41) is 2.07. The Kier molecular flexibility index (Phi) is 7.69. The van der Waals surface area contributed by atoms with Crippen molar-refractivity contribution in [1.29, 1.82) is 0 Å². The molecule has 2 amide bonds. The molecule has 2 fully saturated rings. The van der Waals surface area contributed by atoms with Crippen LogP contribution in [0.15, 0.2) is 30.3 Å². The molecule has 196 valence electrons. The zero-order valence-electron chi connectivity index (χ0n) is 18.5. The van der Waals surface area contributed by atoms with E-state index in [4.69, 9.17) is 0 Å². The third-order valence-corrected chi connectivity index (χ3v) is 7.06. The molecule has 13 heteroatoms. The molecule has 1 saturated carbocycles. The number of carbonyl (C=O) groups excluding carboxylic acids is 1. The van der Waals surface area contributed by atoms with E-state index in [1.54, 1.807) is 0 Å². The molecule has 4 nitrogen and oxygen atoms in total. The average molecular weight is 539 g/mol. The van der Waals surface area contributed by atoms with E-state index in [1.807, 2.05) is 0 Å². The van der Waals surface area contributed by atoms with Crippen molar-refractivity contribution in [1.82, 2.24) is 14.9 Å². The predicted molar refractivity (Wildman–Crippen MR) is 117 cm³/mol. The first-order chi connectivity index (χ1) is 17.0. The van der Waals surface area contributed by atoms with Crippen LogP contribution in [0.5, 0.6) is 0 Å². The Balaban J connectivity index is 1.69. The number of rotatable bonds is 8. The summed E-state index contributed by atoms with van der Waals surface area (Å²) in [7, 11) is 0. The van der Waals surface area contributed by atoms with Gasteiger partial charge in [-0.15, -0.1) is 0 Å². The summed E-state index contributed by atoms with van der Waals surface area (Å²) < 4.78 is 111. The number of alkyl halides is 4. The highest BCUT2D eigenvalue weighted by atomic mass is 32.2. The van der Waals surface area contributed by atoms with Crippen molar-refractivity contribution in [3.63, 3.8) is 0 Å². The monoisotopic (exact) mass is 539 g/mol. The minimum atomic E-state index is -2.83. The number of hydrogen-bond donors (Lipinski definition) is 2. The van der Waals surface area contributed by atoms with Crippen molar-refractivity contribution < 1.29 is 39.9 Å². The number of urea groups is 1. The Bertz CT molecular complexity index is 1110. The minimum Gasteiger partial charge on any atom is -0.332 e. The first-order valence-electron chi connectivity index (χ1n) is 11.0. The lowest BCUT2D eigenvalue weighted by Crippen LogP contribution is -2.49. The van der Waals surface area contributed by atoms with Gasteiger partial charge in [0.2, 0.25) is 0 Å². The Hall–Kier alpha value is -2.54. The van der Waals surface area contributed by atoms with Crippen LogP contribution in [0.3, 0.4) is 0 Å². The molecule has 0 bridgehead atoms. The number of amides is 2. The van der Waals surface area contributed by atoms with E-state index >= 15 is 4.39 Å². The molecular formula is C23H21F8N3OS. The van der Waals surface area contributed by atoms with Crippen LogP contribution in [0.4, 0.5) is 39.9 Å². The highest BCUT2D eigenvalue weighted by Crippen LogP contribution is 2.56. The maximum absolute atomic E-state index is 15.5. The first kappa shape index (κ1) is 26.5. The molecule has 1 saturated heterocycles. The molecule has 2 aromatic carbocycles. The van der Waals surface area contributed by atoms with Gasteiger partial charge in [-0.25, -0.2) is 31.1 Å². The maximum atomic E-state index is 15.5. The van der Waals surface area contributed by atoms with E-state index in [0.29, 0.717) is 18.9 Å². The number of nitrogens with zero attached hydrogens (tertiary/aromatic N) is 1. The molecule has 1 heterocycles. The van der Waals surface area contributed by atoms with E-state index in [1.165, 1.54) is 4.90 Å². The molecule has 1 spiro atoms. The van der Waals surface area contributed by atoms with Crippen molar-refractivity contribution in [3.05, 3.63) is 59.2 Å². The van der Waals surface area contributed by atoms with E-state index in [-0.39, 0.29) is 36.0 Å². The molecule has 1 aliphatic heterocycles. The molecular weight excluding hydrogens is 518 g/mol. The van der Waals surface area contributed by atoms with E-state index in [0.717, 1.165) is 24.3 Å². The molecule has 4 rings (SSSR count). The summed E-state index contributed by atoms with van der Waals surface area (Å²) in [5.41, 5.74) is -1.57. The highest BCUT2D eigenvalue weighted by molar-refractivity contribution is 7.97. The van der Waals surface area contributed by atoms with Crippen molar-refractivity contribution >= 4 is 18.0 Å². The molecule has 2 atom stereocenters. The molecule has 2 aliphatic rings. The number of carbonyl (C=O) groups is 1. The van der Waals surface area contributed by atoms with Crippen molar-refractivity contribution in [2.45, 2.75) is 43.5 Å². The summed E-state index contributed by atoms with van der Waals surface area (Å²) in [6.07, 6.45) is -2.07. The van der Waals surface area contributed by atoms with E-state index < -0.39 is 71.1 Å². The molecule has 2 unspecified atom stereocenters. The van der Waals surface area contributed by atoms with Crippen molar-refractivity contribution in [3.8, 4) is 11.1 Å². The van der Waals surface area contributed by atoms with Gasteiger partial charge in [-0.1, -0.05) is 0 Å². The largest absolute Gasteiger partial charge is 0.332 e. The van der Waals surface area contributed by atoms with Crippen molar-refractivity contribution in [2.75, 3.05) is 13.1 Å². The summed E-state index contributed by atoms with van der Waals surface area (Å²) >= 11 is 0.115. The van der Waals surface area contributed by atoms with Crippen LogP contribution in [-0.4, -0.2) is 48.3 Å². The molecule has 0 aromatic heterocycles. The number of benzene rings is 2. The molecule has 2 N–H and O–H groups in total. The minimum absolute atomic E-state index is 0.0487. The fourth-order valence-electron chi connectivity index (χ4n) is 4.76. The molecule has 2 aromatic rings. The van der Waals surface area contributed by atoms with E-state index in [9.17, 15) is 35.5 Å². The third-order valence-electron chi connectivity index (χ3n) is 6.49. The maximum Gasteiger partial charge on any atom is 0.317 e. The average Bonchev–Trinajstić information content (AvgIpc) is 3.49. The Morgan fingerprint density at radius 3 is 2.22 bits per heavy atom. The Morgan fingerprint density at radius 2 is 1.64 bits per heavy atom. The second kappa shape index (κ2) is 10.4. The lowest BCUT2D eigenvalue weighted by atomic mass is 9.91. The number of hydrogen-bond acceptors (Lipinski definition) is 3. The van der Waals surface area contributed by atoms with Crippen LogP contribution in [0.25, 0.3) is 11.1 Å². The number of nitrogens with one attached hydrogen (secondary N) is 2. The zero-order chi connectivity index (χ0) is 26.2. The van der Waals surface area contributed by atoms with Gasteiger partial charge in [-0.05, 0) is 66.6 Å². The van der Waals surface area contributed by atoms with Crippen LogP contribution in [0.2, 0.25) is 0 Å². The smallest absolute Gasteiger partial charge is 0.317 e. The van der Waals surface area contributed by atoms with Crippen LogP contribution < -0.4 is 10.0 Å². The quantitative estimate of drug-likeness (QED) is 0.333. The molecule has 36 heavy (non-hydrogen) atoms. The standard InChI is InChI=1S/C23H21F8N3OS/c24-13-3-11(4-14(25)7-13)16-8-15(26)5-12(19(16)29)6-17-20(33-36-21(30)31)23(1-2-23)10-34(17)22(35)32-9-18(27)28/h3-5,7-8,17-18,20-21,33H,1-2,6,9-10H2,(H,32,35). The van der Waals surface area contributed by atoms with Gasteiger partial charge in [0, 0.05) is 29.6 Å². The van der Waals surface area contributed by atoms with Gasteiger partial charge in [0.05, 0.1) is 12.6 Å². The Morgan fingerprint density at radius 1 is 1.00 bits per heavy atom. The van der Waals surface area contributed by atoms with Gasteiger partial charge in [-0.3, -0.25) is 4.72 Å². The summed E-state index contributed by atoms with van der Waals surface area (Å²) in [6.45, 7) is -0.893. The fraction of sp³-hybridized carbons (Fsp3) is 0.435. The van der Waals surface area contributed by atoms with E-state index in [2.05, 4.69) is 10.0 Å². The summed E-state index contributed by atoms with van der Waals surface area (Å²) in [6, 6.07) is 1.18.